The number of nitrogens with zero attached hydrogens (tertiary/aromatic N) is 1. The average molecular weight is 760 g/mol. The topological polar surface area (TPSA) is 40.2 Å². The lowest BCUT2D eigenvalue weighted by Gasteiger charge is -2.32. The molecule has 0 bridgehead atoms. The van der Waals surface area contributed by atoms with Crippen LogP contribution in [0.1, 0.15) is 108 Å². The van der Waals surface area contributed by atoms with Crippen LogP contribution in [0.2, 0.25) is 0 Å². The van der Waals surface area contributed by atoms with Gasteiger partial charge in [-0.15, -0.1) is 0 Å². The molecule has 2 aliphatic heterocycles. The van der Waals surface area contributed by atoms with Crippen LogP contribution in [0.15, 0.2) is 66.7 Å². The molecule has 0 N–H and O–H groups in total. The summed E-state index contributed by atoms with van der Waals surface area (Å²) in [4.78, 5) is 2.42. The number of hydrogen-bond acceptors (Lipinski definition) is 5. The molecule has 0 spiro atoms. The van der Waals surface area contributed by atoms with Crippen LogP contribution < -0.4 is 15.8 Å². The highest BCUT2D eigenvalue weighted by atomic mass is 31.2. The Morgan fingerprint density at radius 2 is 0.849 bits per heavy atom. The SMILES string of the molecule is CC[P+](CC)(CC)Cc1ccc(N(c2ccc(B3OC(C)(C)C(C)(C)O3)cc2)c2ccc(B3OC(C)(C)C(C)(C)O3)c(C[P+](CC)(CC)CC)c2)cc1. The summed E-state index contributed by atoms with van der Waals surface area (Å²) in [5, 5.41) is 0. The van der Waals surface area contributed by atoms with Crippen molar-refractivity contribution in [2.24, 2.45) is 0 Å². The third-order valence-corrected chi connectivity index (χ3v) is 23.9. The predicted octanol–water partition coefficient (Wildman–Crippen LogP) is 10.9. The lowest BCUT2D eigenvalue weighted by Crippen LogP contribution is -2.41. The highest BCUT2D eigenvalue weighted by Crippen LogP contribution is 2.61. The van der Waals surface area contributed by atoms with Gasteiger partial charge in [0, 0.05) is 31.6 Å². The van der Waals surface area contributed by atoms with E-state index in [1.807, 2.05) is 0 Å². The molecule has 0 saturated carbocycles. The summed E-state index contributed by atoms with van der Waals surface area (Å²) < 4.78 is 26.3. The summed E-state index contributed by atoms with van der Waals surface area (Å²) in [5.74, 6) is 0. The molecule has 0 radical (unpaired) electrons. The van der Waals surface area contributed by atoms with E-state index in [9.17, 15) is 0 Å². The maximum atomic E-state index is 6.70. The number of rotatable bonds is 15. The Balaban J connectivity index is 1.61. The van der Waals surface area contributed by atoms with Crippen LogP contribution in [0.25, 0.3) is 0 Å². The fourth-order valence-electron chi connectivity index (χ4n) is 7.79. The van der Waals surface area contributed by atoms with Crippen LogP contribution in [0, 0.1) is 0 Å². The van der Waals surface area contributed by atoms with Gasteiger partial charge in [0.15, 0.2) is 0 Å². The lowest BCUT2D eigenvalue weighted by molar-refractivity contribution is 0.00578. The zero-order valence-corrected chi connectivity index (χ0v) is 37.4. The third kappa shape index (κ3) is 8.52. The minimum Gasteiger partial charge on any atom is -0.399 e. The first-order chi connectivity index (χ1) is 24.8. The van der Waals surface area contributed by atoms with Crippen molar-refractivity contribution >= 4 is 56.7 Å². The molecule has 2 saturated heterocycles. The minimum absolute atomic E-state index is 0.389. The van der Waals surface area contributed by atoms with E-state index < -0.39 is 40.0 Å². The molecule has 3 aromatic carbocycles. The number of benzene rings is 3. The Bertz CT molecular complexity index is 1640. The molecule has 9 heteroatoms. The van der Waals surface area contributed by atoms with Gasteiger partial charge in [-0.2, -0.15) is 0 Å². The molecule has 0 aliphatic carbocycles. The molecule has 288 valence electrons. The highest BCUT2D eigenvalue weighted by Gasteiger charge is 2.53. The first kappa shape index (κ1) is 42.4. The van der Waals surface area contributed by atoms with Gasteiger partial charge < -0.3 is 23.5 Å². The molecule has 2 fully saturated rings. The molecule has 3 aromatic rings. The van der Waals surface area contributed by atoms with Gasteiger partial charge >= 0.3 is 14.2 Å². The molecule has 2 aliphatic rings. The quantitative estimate of drug-likeness (QED) is 0.114. The standard InChI is InChI=1S/C44H69B2NO4P2/c1-15-52(16-2,17-3)32-34-21-25-37(26-22-34)47(38-27-23-36(24-28-38)45-48-41(7,8)42(9,10)49-45)39-29-30-40(46-50-43(11,12)44(13,14)51-46)35(31-39)33-53(18-4,19-5)20-6/h21-31H,15-20,32-33H2,1-14H3/q+2. The van der Waals surface area contributed by atoms with Gasteiger partial charge in [0.2, 0.25) is 0 Å². The van der Waals surface area contributed by atoms with Crippen LogP contribution in [-0.2, 0) is 30.9 Å². The first-order valence-corrected chi connectivity index (χ1v) is 25.4. The molecule has 53 heavy (non-hydrogen) atoms. The molecular weight excluding hydrogens is 690 g/mol. The van der Waals surface area contributed by atoms with Crippen LogP contribution >= 0.6 is 14.5 Å². The van der Waals surface area contributed by atoms with Gasteiger partial charge in [0.05, 0.1) is 71.7 Å². The van der Waals surface area contributed by atoms with E-state index in [1.54, 1.807) is 0 Å². The minimum atomic E-state index is -1.22. The van der Waals surface area contributed by atoms with E-state index in [0.717, 1.165) is 34.1 Å². The molecule has 5 rings (SSSR count). The normalized spacial score (nSPS) is 19.2. The van der Waals surface area contributed by atoms with Crippen molar-refractivity contribution in [2.45, 2.75) is 132 Å². The van der Waals surface area contributed by atoms with Gasteiger partial charge in [-0.25, -0.2) is 0 Å². The van der Waals surface area contributed by atoms with Gasteiger partial charge in [-0.1, -0.05) is 30.3 Å². The summed E-state index contributed by atoms with van der Waals surface area (Å²) in [6.07, 6.45) is 9.90. The van der Waals surface area contributed by atoms with Gasteiger partial charge in [0.25, 0.3) is 0 Å². The largest absolute Gasteiger partial charge is 0.495 e. The Hall–Kier alpha value is -1.71. The van der Waals surface area contributed by atoms with Gasteiger partial charge in [-0.3, -0.25) is 0 Å². The van der Waals surface area contributed by atoms with Crippen molar-refractivity contribution in [3.8, 4) is 0 Å². The maximum absolute atomic E-state index is 6.70. The van der Waals surface area contributed by atoms with Crippen molar-refractivity contribution in [1.29, 1.82) is 0 Å². The fraction of sp³-hybridized carbons (Fsp3) is 0.591. The molecule has 0 atom stereocenters. The van der Waals surface area contributed by atoms with Crippen molar-refractivity contribution in [3.05, 3.63) is 77.9 Å². The summed E-state index contributed by atoms with van der Waals surface area (Å²) >= 11 is 0. The lowest BCUT2D eigenvalue weighted by atomic mass is 9.76. The van der Waals surface area contributed by atoms with E-state index in [-0.39, 0.29) is 11.2 Å². The van der Waals surface area contributed by atoms with Crippen molar-refractivity contribution in [1.82, 2.24) is 0 Å². The van der Waals surface area contributed by atoms with Crippen molar-refractivity contribution in [2.75, 3.05) is 41.9 Å². The predicted molar refractivity (Wildman–Crippen MR) is 237 cm³/mol. The zero-order valence-electron chi connectivity index (χ0n) is 35.6. The summed E-state index contributed by atoms with van der Waals surface area (Å²) in [5.41, 5.74) is 6.81. The van der Waals surface area contributed by atoms with Crippen molar-refractivity contribution < 1.29 is 18.6 Å². The van der Waals surface area contributed by atoms with E-state index in [2.05, 4.69) is 169 Å². The Labute approximate surface area is 325 Å². The fourth-order valence-corrected chi connectivity index (χ4v) is 13.8. The Morgan fingerprint density at radius 3 is 1.28 bits per heavy atom. The van der Waals surface area contributed by atoms with Crippen LogP contribution in [0.3, 0.4) is 0 Å². The maximum Gasteiger partial charge on any atom is 0.495 e. The summed E-state index contributed by atoms with van der Waals surface area (Å²) in [6.45, 7) is 31.4. The number of anilines is 3. The molecule has 2 heterocycles. The molecule has 0 amide bonds. The van der Waals surface area contributed by atoms with E-state index in [4.69, 9.17) is 18.6 Å². The molecule has 5 nitrogen and oxygen atoms in total. The van der Waals surface area contributed by atoms with Crippen LogP contribution in [0.5, 0.6) is 0 Å². The van der Waals surface area contributed by atoms with E-state index >= 15 is 0 Å². The smallest absolute Gasteiger partial charge is 0.399 e. The van der Waals surface area contributed by atoms with Gasteiger partial charge in [0.1, 0.15) is 0 Å². The first-order valence-electron chi connectivity index (χ1n) is 20.4. The number of hydrogen-bond donors (Lipinski definition) is 0. The molecule has 0 unspecified atom stereocenters. The van der Waals surface area contributed by atoms with Crippen molar-refractivity contribution in [3.63, 3.8) is 0 Å². The summed E-state index contributed by atoms with van der Waals surface area (Å²) in [6, 6.07) is 25.2. The second-order valence-corrected chi connectivity index (χ2v) is 27.3. The van der Waals surface area contributed by atoms with Crippen LogP contribution in [0.4, 0.5) is 17.1 Å². The second kappa shape index (κ2) is 16.0. The highest BCUT2D eigenvalue weighted by molar-refractivity contribution is 7.75. The monoisotopic (exact) mass is 759 g/mol. The van der Waals surface area contributed by atoms with E-state index in [0.29, 0.717) is 0 Å². The molecule has 0 aromatic heterocycles. The summed E-state index contributed by atoms with van der Waals surface area (Å²) in [7, 11) is -3.00. The average Bonchev–Trinajstić information content (AvgIpc) is 3.49. The second-order valence-electron chi connectivity index (χ2n) is 17.5. The van der Waals surface area contributed by atoms with Crippen LogP contribution in [-0.4, -0.2) is 73.6 Å². The Kier molecular flexibility index (Phi) is 12.8. The zero-order chi connectivity index (χ0) is 39.0. The molecular formula is C44H69B2NO4P2+2. The van der Waals surface area contributed by atoms with E-state index in [1.165, 1.54) is 54.3 Å². The Morgan fingerprint density at radius 1 is 0.472 bits per heavy atom. The third-order valence-electron chi connectivity index (χ3n) is 13.8. The van der Waals surface area contributed by atoms with Gasteiger partial charge in [-0.05, 0) is 155 Å².